The summed E-state index contributed by atoms with van der Waals surface area (Å²) in [6, 6.07) is 5.54. The fourth-order valence-electron chi connectivity index (χ4n) is 3.21. The van der Waals surface area contributed by atoms with Crippen LogP contribution in [-0.2, 0) is 0 Å². The summed E-state index contributed by atoms with van der Waals surface area (Å²) in [6.07, 6.45) is 1.11. The number of benzene rings is 1. The summed E-state index contributed by atoms with van der Waals surface area (Å²) >= 11 is 6.01. The molecule has 1 aromatic carbocycles. The zero-order valence-electron chi connectivity index (χ0n) is 11.6. The minimum absolute atomic E-state index is 0. The molecule has 110 valence electrons. The maximum Gasteiger partial charge on any atom is 0.254 e. The zero-order chi connectivity index (χ0) is 13.4. The van der Waals surface area contributed by atoms with Crippen molar-refractivity contribution in [1.29, 1.82) is 0 Å². The average Bonchev–Trinajstić information content (AvgIpc) is 2.88. The molecule has 2 saturated heterocycles. The van der Waals surface area contributed by atoms with Gasteiger partial charge in [-0.1, -0.05) is 17.7 Å². The van der Waals surface area contributed by atoms with E-state index in [1.165, 1.54) is 0 Å². The third kappa shape index (κ3) is 2.95. The van der Waals surface area contributed by atoms with E-state index >= 15 is 0 Å². The van der Waals surface area contributed by atoms with Gasteiger partial charge in [0.15, 0.2) is 0 Å². The lowest BCUT2D eigenvalue weighted by Crippen LogP contribution is -2.43. The van der Waals surface area contributed by atoms with Crippen LogP contribution in [0.15, 0.2) is 18.2 Å². The summed E-state index contributed by atoms with van der Waals surface area (Å²) in [5.41, 5.74) is 1.75. The van der Waals surface area contributed by atoms with E-state index in [1.807, 2.05) is 24.0 Å². The summed E-state index contributed by atoms with van der Waals surface area (Å²) in [7, 11) is 0. The molecule has 1 N–H and O–H groups in total. The van der Waals surface area contributed by atoms with Gasteiger partial charge in [0.2, 0.25) is 0 Å². The van der Waals surface area contributed by atoms with E-state index in [1.54, 1.807) is 6.07 Å². The number of amides is 1. The highest BCUT2D eigenvalue weighted by molar-refractivity contribution is 6.31. The highest BCUT2D eigenvalue weighted by Crippen LogP contribution is 2.28. The number of carbonyl (C=O) groups is 1. The number of nitrogens with one attached hydrogen (secondary N) is 1. The van der Waals surface area contributed by atoms with E-state index in [2.05, 4.69) is 5.32 Å². The van der Waals surface area contributed by atoms with Crippen LogP contribution in [0, 0.1) is 18.8 Å². The van der Waals surface area contributed by atoms with Crippen LogP contribution in [0.3, 0.4) is 0 Å². The topological polar surface area (TPSA) is 32.3 Å². The zero-order valence-corrected chi connectivity index (χ0v) is 13.1. The molecule has 0 radical (unpaired) electrons. The van der Waals surface area contributed by atoms with Crippen molar-refractivity contribution in [2.45, 2.75) is 13.3 Å². The van der Waals surface area contributed by atoms with E-state index in [0.717, 1.165) is 49.6 Å². The van der Waals surface area contributed by atoms with E-state index in [-0.39, 0.29) is 18.3 Å². The van der Waals surface area contributed by atoms with Gasteiger partial charge < -0.3 is 10.2 Å². The molecule has 0 aromatic heterocycles. The van der Waals surface area contributed by atoms with Gasteiger partial charge in [-0.25, -0.2) is 0 Å². The molecule has 5 heteroatoms. The molecule has 0 aliphatic carbocycles. The Morgan fingerprint density at radius 3 is 2.90 bits per heavy atom. The molecule has 1 amide bonds. The number of hydrogen-bond acceptors (Lipinski definition) is 2. The molecule has 2 fully saturated rings. The van der Waals surface area contributed by atoms with E-state index in [9.17, 15) is 4.79 Å². The van der Waals surface area contributed by atoms with Gasteiger partial charge in [0.05, 0.1) is 0 Å². The van der Waals surface area contributed by atoms with Crippen LogP contribution in [-0.4, -0.2) is 37.0 Å². The summed E-state index contributed by atoms with van der Waals surface area (Å²) in [5.74, 6) is 1.51. The number of carbonyl (C=O) groups excluding carboxylic acids is 1. The molecule has 2 aliphatic heterocycles. The molecule has 2 aliphatic rings. The minimum Gasteiger partial charge on any atom is -0.338 e. The Bertz CT molecular complexity index is 507. The summed E-state index contributed by atoms with van der Waals surface area (Å²) in [6.45, 7) is 5.87. The molecule has 0 saturated carbocycles. The molecular formula is C15H20Cl2N2O. The second-order valence-electron chi connectivity index (χ2n) is 5.68. The quantitative estimate of drug-likeness (QED) is 0.864. The monoisotopic (exact) mass is 314 g/mol. The standard InChI is InChI=1S/C15H19ClN2O.ClH/c1-10-2-3-13(16)6-14(10)15(19)18-5-4-11-7-17-8-12(11)9-18;/h2-3,6,11-12,17H,4-5,7-9H2,1H3;1H. The molecule has 20 heavy (non-hydrogen) atoms. The third-order valence-electron chi connectivity index (χ3n) is 4.42. The molecule has 2 heterocycles. The maximum absolute atomic E-state index is 12.6. The van der Waals surface area contributed by atoms with Crippen molar-refractivity contribution in [3.05, 3.63) is 34.3 Å². The number of halogens is 2. The Labute approximate surface area is 131 Å². The van der Waals surface area contributed by atoms with Crippen LogP contribution in [0.25, 0.3) is 0 Å². The van der Waals surface area contributed by atoms with Crippen molar-refractivity contribution >= 4 is 29.9 Å². The van der Waals surface area contributed by atoms with Crippen LogP contribution < -0.4 is 5.32 Å². The van der Waals surface area contributed by atoms with Crippen LogP contribution in [0.4, 0.5) is 0 Å². The number of likely N-dealkylation sites (tertiary alicyclic amines) is 1. The van der Waals surface area contributed by atoms with Crippen molar-refractivity contribution in [2.24, 2.45) is 11.8 Å². The first-order chi connectivity index (χ1) is 9.15. The molecule has 2 unspecified atom stereocenters. The van der Waals surface area contributed by atoms with Gasteiger partial charge in [0, 0.05) is 23.7 Å². The Balaban J connectivity index is 0.00000147. The average molecular weight is 315 g/mol. The van der Waals surface area contributed by atoms with Crippen molar-refractivity contribution in [1.82, 2.24) is 10.2 Å². The normalized spacial score (nSPS) is 25.0. The first-order valence-corrected chi connectivity index (χ1v) is 7.29. The van der Waals surface area contributed by atoms with Gasteiger partial charge in [0.25, 0.3) is 5.91 Å². The van der Waals surface area contributed by atoms with Crippen molar-refractivity contribution in [3.8, 4) is 0 Å². The van der Waals surface area contributed by atoms with Gasteiger partial charge >= 0.3 is 0 Å². The maximum atomic E-state index is 12.6. The van der Waals surface area contributed by atoms with Crippen molar-refractivity contribution < 1.29 is 4.79 Å². The Morgan fingerprint density at radius 1 is 1.35 bits per heavy atom. The molecule has 1 aromatic rings. The lowest BCUT2D eigenvalue weighted by atomic mass is 9.88. The predicted octanol–water partition coefficient (Wildman–Crippen LogP) is 2.75. The molecule has 3 rings (SSSR count). The number of hydrogen-bond donors (Lipinski definition) is 1. The summed E-state index contributed by atoms with van der Waals surface area (Å²) < 4.78 is 0. The Kier molecular flexibility index (Phi) is 4.95. The number of piperidine rings is 1. The number of aryl methyl sites for hydroxylation is 1. The van der Waals surface area contributed by atoms with E-state index in [0.29, 0.717) is 10.9 Å². The molecule has 3 nitrogen and oxygen atoms in total. The van der Waals surface area contributed by atoms with Crippen LogP contribution in [0.1, 0.15) is 22.3 Å². The Hall–Kier alpha value is -0.770. The smallest absolute Gasteiger partial charge is 0.254 e. The molecule has 0 spiro atoms. The number of rotatable bonds is 1. The minimum atomic E-state index is 0. The van der Waals surface area contributed by atoms with Gasteiger partial charge in [0.1, 0.15) is 0 Å². The van der Waals surface area contributed by atoms with E-state index < -0.39 is 0 Å². The summed E-state index contributed by atoms with van der Waals surface area (Å²) in [4.78, 5) is 14.6. The Morgan fingerprint density at radius 2 is 2.10 bits per heavy atom. The SMILES string of the molecule is Cc1ccc(Cl)cc1C(=O)N1CCC2CNCC2C1.Cl. The number of fused-ring (bicyclic) bond motifs is 1. The van der Waals surface area contributed by atoms with Crippen LogP contribution in [0.2, 0.25) is 5.02 Å². The van der Waals surface area contributed by atoms with Gasteiger partial charge in [-0.3, -0.25) is 4.79 Å². The van der Waals surface area contributed by atoms with E-state index in [4.69, 9.17) is 11.6 Å². The second-order valence-corrected chi connectivity index (χ2v) is 6.11. The first-order valence-electron chi connectivity index (χ1n) is 6.91. The van der Waals surface area contributed by atoms with Crippen molar-refractivity contribution in [2.75, 3.05) is 26.2 Å². The highest BCUT2D eigenvalue weighted by Gasteiger charge is 2.34. The first kappa shape index (κ1) is 15.6. The lowest BCUT2D eigenvalue weighted by Gasteiger charge is -2.34. The second kappa shape index (κ2) is 6.33. The fourth-order valence-corrected chi connectivity index (χ4v) is 3.39. The molecule has 0 bridgehead atoms. The van der Waals surface area contributed by atoms with Crippen molar-refractivity contribution in [3.63, 3.8) is 0 Å². The largest absolute Gasteiger partial charge is 0.338 e. The summed E-state index contributed by atoms with van der Waals surface area (Å²) in [5, 5.41) is 4.06. The fraction of sp³-hybridized carbons (Fsp3) is 0.533. The number of nitrogens with zero attached hydrogens (tertiary/aromatic N) is 1. The van der Waals surface area contributed by atoms with Gasteiger partial charge in [-0.15, -0.1) is 12.4 Å². The van der Waals surface area contributed by atoms with Gasteiger partial charge in [-0.2, -0.15) is 0 Å². The lowest BCUT2D eigenvalue weighted by molar-refractivity contribution is 0.0642. The van der Waals surface area contributed by atoms with Gasteiger partial charge in [-0.05, 0) is 56.0 Å². The predicted molar refractivity (Wildman–Crippen MR) is 83.8 cm³/mol. The molecule has 2 atom stereocenters. The van der Waals surface area contributed by atoms with Crippen LogP contribution >= 0.6 is 24.0 Å². The third-order valence-corrected chi connectivity index (χ3v) is 4.66. The highest BCUT2D eigenvalue weighted by atomic mass is 35.5. The van der Waals surface area contributed by atoms with Crippen LogP contribution in [0.5, 0.6) is 0 Å². The molecular weight excluding hydrogens is 295 g/mol.